The number of likely N-dealkylation sites (tertiary alicyclic amines) is 1. The van der Waals surface area contributed by atoms with Gasteiger partial charge in [0.15, 0.2) is 5.82 Å². The molecule has 0 radical (unpaired) electrons. The maximum atomic E-state index is 18.5. The number of carbonyl (C=O) groups excluding carboxylic acids is 1. The van der Waals surface area contributed by atoms with Crippen molar-refractivity contribution in [1.29, 1.82) is 0 Å². The van der Waals surface area contributed by atoms with E-state index < -0.39 is 39.4 Å². The van der Waals surface area contributed by atoms with Crippen LogP contribution in [0, 0.1) is 34.3 Å². The number of hydrogen-bond acceptors (Lipinski definition) is 9. The van der Waals surface area contributed by atoms with Gasteiger partial charge in [-0.3, -0.25) is 4.90 Å². The molecule has 1 unspecified atom stereocenters. The summed E-state index contributed by atoms with van der Waals surface area (Å²) in [6.07, 6.45) is 3.00. The Morgan fingerprint density at radius 1 is 0.851 bits per heavy atom. The lowest BCUT2D eigenvalue weighted by Crippen LogP contribution is -2.57. The van der Waals surface area contributed by atoms with Crippen molar-refractivity contribution < 1.29 is 36.6 Å². The largest absolute Gasteiger partial charge is 0.543 e. The number of halogens is 3. The molecule has 7 rings (SSSR count). The molecule has 4 aromatic rings. The molecule has 0 saturated carbocycles. The lowest BCUT2D eigenvalue weighted by atomic mass is 9.83. The molecule has 10 nitrogen and oxygen atoms in total. The van der Waals surface area contributed by atoms with Crippen LogP contribution in [-0.2, 0) is 9.47 Å². The zero-order valence-corrected chi connectivity index (χ0v) is 49.7. The molecule has 0 spiro atoms. The van der Waals surface area contributed by atoms with Crippen LogP contribution >= 0.6 is 0 Å². The zero-order chi connectivity index (χ0) is 54.4. The second kappa shape index (κ2) is 22.3. The van der Waals surface area contributed by atoms with E-state index in [4.69, 9.17) is 28.6 Å². The number of amides is 1. The standard InChI is InChI=1S/C59H86F3N5O5Si2/c1-36(2)73(37(3)4,38(5)6)28-23-46-49(60)22-19-42-29-45(72-74(39(7)8,40(9)10)41(11)12)30-47(51(42)46)52-50(61)31-48-54(53(52)62)63-56(70-35-59(16)24-18-25-65(34-59)26-27-69-17)64-55(48)66-32-43-20-21-44(33-66)67(43)57(68)71-58(13,14)15/h19,22,29-31,36-41,43-44H,18,20-21,24-27,32-35H2,1-17H3/t43-,44+,59?. The molecule has 1 aromatic heterocycles. The Hall–Kier alpha value is -4.37. The van der Waals surface area contributed by atoms with Crippen molar-refractivity contribution >= 4 is 50.0 Å². The third-order valence-corrected chi connectivity index (χ3v) is 29.1. The first-order valence-electron chi connectivity index (χ1n) is 27.5. The van der Waals surface area contributed by atoms with Gasteiger partial charge < -0.3 is 28.4 Å². The van der Waals surface area contributed by atoms with E-state index in [-0.39, 0.29) is 97.0 Å². The summed E-state index contributed by atoms with van der Waals surface area (Å²) in [5, 5.41) is 1.06. The third kappa shape index (κ3) is 11.2. The molecule has 74 heavy (non-hydrogen) atoms. The summed E-state index contributed by atoms with van der Waals surface area (Å²) in [6.45, 7) is 38.3. The Balaban J connectivity index is 1.48. The molecule has 0 N–H and O–H groups in total. The van der Waals surface area contributed by atoms with Crippen LogP contribution in [0.4, 0.5) is 23.8 Å². The summed E-state index contributed by atoms with van der Waals surface area (Å²) < 4.78 is 78.4. The molecule has 3 aliphatic rings. The molecule has 2 bridgehead atoms. The minimum absolute atomic E-state index is 0.0282. The minimum atomic E-state index is -2.63. The molecule has 1 amide bonds. The number of piperidine rings is 1. The Bertz CT molecular complexity index is 2690. The highest BCUT2D eigenvalue weighted by atomic mass is 28.4. The van der Waals surface area contributed by atoms with Crippen LogP contribution in [0.2, 0.25) is 33.2 Å². The van der Waals surface area contributed by atoms with Gasteiger partial charge in [0, 0.05) is 55.0 Å². The van der Waals surface area contributed by atoms with Gasteiger partial charge in [-0.05, 0) is 116 Å². The fraction of sp³-hybridized carbons (Fsp3) is 0.644. The maximum Gasteiger partial charge on any atom is 0.410 e. The van der Waals surface area contributed by atoms with Gasteiger partial charge in [-0.15, -0.1) is 5.54 Å². The van der Waals surface area contributed by atoms with Crippen LogP contribution < -0.4 is 14.1 Å². The predicted octanol–water partition coefficient (Wildman–Crippen LogP) is 14.7. The molecule has 3 aromatic carbocycles. The number of aromatic nitrogens is 2. The van der Waals surface area contributed by atoms with Crippen molar-refractivity contribution in [3.05, 3.63) is 53.3 Å². The normalized spacial score (nSPS) is 20.0. The highest BCUT2D eigenvalue weighted by molar-refractivity contribution is 6.90. The number of rotatable bonds is 16. The number of ether oxygens (including phenoxy) is 3. The van der Waals surface area contributed by atoms with E-state index in [1.165, 1.54) is 12.1 Å². The van der Waals surface area contributed by atoms with Gasteiger partial charge in [0.2, 0.25) is 0 Å². The van der Waals surface area contributed by atoms with Gasteiger partial charge in [-0.25, -0.2) is 18.0 Å². The van der Waals surface area contributed by atoms with E-state index in [1.807, 2.05) is 36.6 Å². The van der Waals surface area contributed by atoms with Crippen LogP contribution in [0.1, 0.15) is 142 Å². The number of nitrogens with zero attached hydrogens (tertiary/aromatic N) is 5. The fourth-order valence-electron chi connectivity index (χ4n) is 13.5. The van der Waals surface area contributed by atoms with Crippen molar-refractivity contribution in [1.82, 2.24) is 19.8 Å². The molecule has 3 fully saturated rings. The smallest absolute Gasteiger partial charge is 0.410 e. The SMILES string of the molecule is COCCN1CCCC(C)(COc2nc(N3C[C@H]4CC[C@@H](C3)N4C(=O)OC(C)(C)C)c3cc(F)c(-c4cc(O[Si](C(C)C)(C(C)C)C(C)C)cc5ccc(F)c(C#C[Si](C(C)C)(C(C)C)C(C)C)c45)c(F)c3n2)C1. The van der Waals surface area contributed by atoms with Gasteiger partial charge >= 0.3 is 12.1 Å². The average molecular weight is 1060 g/mol. The second-order valence-corrected chi connectivity index (χ2v) is 35.9. The summed E-state index contributed by atoms with van der Waals surface area (Å²) in [7, 11) is -3.34. The topological polar surface area (TPSA) is 89.5 Å². The van der Waals surface area contributed by atoms with Crippen molar-refractivity contribution in [2.75, 3.05) is 57.9 Å². The van der Waals surface area contributed by atoms with Gasteiger partial charge in [-0.2, -0.15) is 9.97 Å². The van der Waals surface area contributed by atoms with E-state index >= 15 is 13.2 Å². The van der Waals surface area contributed by atoms with Crippen molar-refractivity contribution in [2.45, 2.75) is 187 Å². The molecular weight excluding hydrogens is 972 g/mol. The first kappa shape index (κ1) is 57.3. The highest BCUT2D eigenvalue weighted by Crippen LogP contribution is 2.48. The number of methoxy groups -OCH3 is 1. The summed E-state index contributed by atoms with van der Waals surface area (Å²) in [5.74, 6) is 1.83. The Morgan fingerprint density at radius 2 is 1.47 bits per heavy atom. The van der Waals surface area contributed by atoms with Gasteiger partial charge in [0.05, 0.1) is 36.4 Å². The maximum absolute atomic E-state index is 18.5. The van der Waals surface area contributed by atoms with Crippen LogP contribution in [0.15, 0.2) is 30.3 Å². The summed E-state index contributed by atoms with van der Waals surface area (Å²) in [5.41, 5.74) is 3.93. The summed E-state index contributed by atoms with van der Waals surface area (Å²) in [4.78, 5) is 29.7. The van der Waals surface area contributed by atoms with E-state index in [9.17, 15) is 4.79 Å². The number of carbonyl (C=O) groups is 1. The minimum Gasteiger partial charge on any atom is -0.543 e. The molecule has 4 heterocycles. The van der Waals surface area contributed by atoms with Crippen molar-refractivity contribution in [2.24, 2.45) is 5.41 Å². The van der Waals surface area contributed by atoms with E-state index in [0.717, 1.165) is 45.3 Å². The number of hydrogen-bond donors (Lipinski definition) is 0. The van der Waals surface area contributed by atoms with E-state index in [0.29, 0.717) is 42.0 Å². The number of benzene rings is 3. The number of fused-ring (bicyclic) bond motifs is 4. The fourth-order valence-corrected chi connectivity index (χ4v) is 24.0. The van der Waals surface area contributed by atoms with Crippen LogP contribution in [0.5, 0.6) is 11.8 Å². The predicted molar refractivity (Wildman–Crippen MR) is 300 cm³/mol. The third-order valence-electron chi connectivity index (χ3n) is 16.8. The first-order valence-corrected chi connectivity index (χ1v) is 31.8. The quantitative estimate of drug-likeness (QED) is 0.0804. The molecule has 3 aliphatic heterocycles. The molecular formula is C59H86F3N5O5Si2. The number of anilines is 1. The molecule has 3 saturated heterocycles. The second-order valence-electron chi connectivity index (χ2n) is 25.0. The molecule has 0 aliphatic carbocycles. The zero-order valence-electron chi connectivity index (χ0n) is 47.7. The summed E-state index contributed by atoms with van der Waals surface area (Å²) >= 11 is 0. The van der Waals surface area contributed by atoms with E-state index in [2.05, 4.69) is 106 Å². The monoisotopic (exact) mass is 1060 g/mol. The molecule has 15 heteroatoms. The van der Waals surface area contributed by atoms with E-state index in [1.54, 1.807) is 19.2 Å². The van der Waals surface area contributed by atoms with Gasteiger partial charge in [0.1, 0.15) is 42.4 Å². The van der Waals surface area contributed by atoms with Crippen LogP contribution in [0.3, 0.4) is 0 Å². The lowest BCUT2D eigenvalue weighted by Gasteiger charge is -2.42. The van der Waals surface area contributed by atoms with Crippen LogP contribution in [0.25, 0.3) is 32.8 Å². The Kier molecular flexibility index (Phi) is 17.3. The van der Waals surface area contributed by atoms with Gasteiger partial charge in [-0.1, -0.05) is 102 Å². The van der Waals surface area contributed by atoms with Crippen LogP contribution in [-0.4, -0.2) is 113 Å². The molecule has 406 valence electrons. The van der Waals surface area contributed by atoms with Gasteiger partial charge in [0.25, 0.3) is 8.32 Å². The first-order chi connectivity index (χ1) is 34.7. The van der Waals surface area contributed by atoms with Crippen molar-refractivity contribution in [3.8, 4) is 34.4 Å². The average Bonchev–Trinajstić information content (AvgIpc) is 3.58. The Morgan fingerprint density at radius 3 is 2.04 bits per heavy atom. The number of piperazine rings is 1. The lowest BCUT2D eigenvalue weighted by molar-refractivity contribution is 0.0122. The van der Waals surface area contributed by atoms with Crippen molar-refractivity contribution in [3.63, 3.8) is 0 Å². The molecule has 3 atom stereocenters. The highest BCUT2D eigenvalue weighted by Gasteiger charge is 2.48. The summed E-state index contributed by atoms with van der Waals surface area (Å²) in [6, 6.07) is 7.56. The Labute approximate surface area is 443 Å².